The van der Waals surface area contributed by atoms with Gasteiger partial charge in [-0.25, -0.2) is 0 Å². The third-order valence-corrected chi connectivity index (χ3v) is 2.89. The average molecular weight is 234 g/mol. The van der Waals surface area contributed by atoms with Crippen molar-refractivity contribution in [2.75, 3.05) is 11.1 Å². The summed E-state index contributed by atoms with van der Waals surface area (Å²) in [6.07, 6.45) is 1.45. The zero-order chi connectivity index (χ0) is 13.0. The lowest BCUT2D eigenvalue weighted by Gasteiger charge is -2.11. The fourth-order valence-corrected chi connectivity index (χ4v) is 1.58. The Morgan fingerprint density at radius 2 is 1.88 bits per heavy atom. The van der Waals surface area contributed by atoms with Gasteiger partial charge in [-0.15, -0.1) is 0 Å². The molecule has 3 nitrogen and oxygen atoms in total. The van der Waals surface area contributed by atoms with Crippen LogP contribution in [0.4, 0.5) is 11.4 Å². The van der Waals surface area contributed by atoms with Crippen LogP contribution >= 0.6 is 0 Å². The first-order valence-corrected chi connectivity index (χ1v) is 6.06. The van der Waals surface area contributed by atoms with Gasteiger partial charge in [0.25, 0.3) is 0 Å². The number of carbonyl (C=O) groups is 1. The lowest BCUT2D eigenvalue weighted by molar-refractivity contribution is -0.116. The zero-order valence-corrected chi connectivity index (χ0v) is 11.1. The van der Waals surface area contributed by atoms with Crippen LogP contribution in [-0.2, 0) is 4.79 Å². The number of nitrogens with two attached hydrogens (primary N) is 1. The molecule has 0 bridgehead atoms. The molecule has 0 aromatic heterocycles. The SMILES string of the molecule is Cc1cc(N)c(NC(=O)CCC(C)C)cc1C. The highest BCUT2D eigenvalue weighted by molar-refractivity contribution is 5.94. The largest absolute Gasteiger partial charge is 0.397 e. The van der Waals surface area contributed by atoms with Crippen LogP contribution in [0.5, 0.6) is 0 Å². The molecule has 0 aliphatic heterocycles. The number of nitrogen functional groups attached to an aromatic ring is 1. The minimum absolute atomic E-state index is 0.0358. The van der Waals surface area contributed by atoms with Crippen molar-refractivity contribution in [2.24, 2.45) is 5.92 Å². The van der Waals surface area contributed by atoms with Crippen LogP contribution in [-0.4, -0.2) is 5.91 Å². The number of hydrogen-bond donors (Lipinski definition) is 2. The third kappa shape index (κ3) is 4.10. The van der Waals surface area contributed by atoms with Crippen molar-refractivity contribution in [1.82, 2.24) is 0 Å². The van der Waals surface area contributed by atoms with E-state index in [0.29, 0.717) is 18.0 Å². The normalized spacial score (nSPS) is 10.6. The standard InChI is InChI=1S/C14H22N2O/c1-9(2)5-6-14(17)16-13-8-11(4)10(3)7-12(13)15/h7-9H,5-6,15H2,1-4H3,(H,16,17). The molecule has 1 rings (SSSR count). The lowest BCUT2D eigenvalue weighted by Crippen LogP contribution is -2.13. The highest BCUT2D eigenvalue weighted by Gasteiger charge is 2.07. The van der Waals surface area contributed by atoms with Gasteiger partial charge < -0.3 is 11.1 Å². The monoisotopic (exact) mass is 234 g/mol. The molecular weight excluding hydrogens is 212 g/mol. The fraction of sp³-hybridized carbons (Fsp3) is 0.500. The molecule has 0 spiro atoms. The first-order chi connectivity index (χ1) is 7.90. The Balaban J connectivity index is 2.68. The van der Waals surface area contributed by atoms with Gasteiger partial charge in [0.15, 0.2) is 0 Å². The van der Waals surface area contributed by atoms with Crippen LogP contribution in [0.25, 0.3) is 0 Å². The Kier molecular flexibility index (Phi) is 4.55. The molecule has 94 valence electrons. The fourth-order valence-electron chi connectivity index (χ4n) is 1.58. The van der Waals surface area contributed by atoms with Crippen LogP contribution in [0.2, 0.25) is 0 Å². The molecule has 3 N–H and O–H groups in total. The predicted molar refractivity (Wildman–Crippen MR) is 73.0 cm³/mol. The molecule has 1 amide bonds. The predicted octanol–water partition coefficient (Wildman–Crippen LogP) is 3.26. The van der Waals surface area contributed by atoms with Gasteiger partial charge >= 0.3 is 0 Å². The van der Waals surface area contributed by atoms with Gasteiger partial charge in [-0.1, -0.05) is 13.8 Å². The molecule has 0 radical (unpaired) electrons. The number of carbonyl (C=O) groups excluding carboxylic acids is 1. The van der Waals surface area contributed by atoms with Crippen LogP contribution in [0.3, 0.4) is 0 Å². The van der Waals surface area contributed by atoms with Crippen molar-refractivity contribution >= 4 is 17.3 Å². The highest BCUT2D eigenvalue weighted by Crippen LogP contribution is 2.23. The number of benzene rings is 1. The molecule has 0 saturated carbocycles. The summed E-state index contributed by atoms with van der Waals surface area (Å²) >= 11 is 0. The van der Waals surface area contributed by atoms with Gasteiger partial charge in [-0.2, -0.15) is 0 Å². The van der Waals surface area contributed by atoms with Crippen molar-refractivity contribution < 1.29 is 4.79 Å². The maximum Gasteiger partial charge on any atom is 0.224 e. The molecule has 0 unspecified atom stereocenters. The summed E-state index contributed by atoms with van der Waals surface area (Å²) in [6.45, 7) is 8.24. The van der Waals surface area contributed by atoms with E-state index in [1.807, 2.05) is 26.0 Å². The van der Waals surface area contributed by atoms with Crippen LogP contribution in [0.1, 0.15) is 37.8 Å². The summed E-state index contributed by atoms with van der Waals surface area (Å²) in [5.41, 5.74) is 9.51. The van der Waals surface area contributed by atoms with E-state index in [1.165, 1.54) is 0 Å². The van der Waals surface area contributed by atoms with Crippen LogP contribution in [0.15, 0.2) is 12.1 Å². The summed E-state index contributed by atoms with van der Waals surface area (Å²) < 4.78 is 0. The Morgan fingerprint density at radius 3 is 2.47 bits per heavy atom. The zero-order valence-electron chi connectivity index (χ0n) is 11.1. The second-order valence-electron chi connectivity index (χ2n) is 5.00. The molecule has 0 heterocycles. The molecule has 17 heavy (non-hydrogen) atoms. The molecule has 0 fully saturated rings. The second kappa shape index (κ2) is 5.71. The van der Waals surface area contributed by atoms with E-state index in [4.69, 9.17) is 5.73 Å². The Labute approximate surface area is 103 Å². The molecule has 1 aromatic carbocycles. The topological polar surface area (TPSA) is 55.1 Å². The number of anilines is 2. The van der Waals surface area contributed by atoms with Crippen LogP contribution in [0, 0.1) is 19.8 Å². The molecule has 3 heteroatoms. The molecule has 0 aliphatic rings. The van der Waals surface area contributed by atoms with E-state index in [1.54, 1.807) is 0 Å². The second-order valence-corrected chi connectivity index (χ2v) is 5.00. The molecular formula is C14H22N2O. The van der Waals surface area contributed by atoms with Gasteiger partial charge in [-0.05, 0) is 49.4 Å². The summed E-state index contributed by atoms with van der Waals surface area (Å²) in [5.74, 6) is 0.575. The quantitative estimate of drug-likeness (QED) is 0.786. The summed E-state index contributed by atoms with van der Waals surface area (Å²) in [6, 6.07) is 3.82. The van der Waals surface area contributed by atoms with Gasteiger partial charge in [0, 0.05) is 6.42 Å². The van der Waals surface area contributed by atoms with E-state index >= 15 is 0 Å². The Bertz CT molecular complexity index is 411. The van der Waals surface area contributed by atoms with E-state index in [-0.39, 0.29) is 5.91 Å². The van der Waals surface area contributed by atoms with Gasteiger partial charge in [0.05, 0.1) is 11.4 Å². The summed E-state index contributed by atoms with van der Waals surface area (Å²) in [5, 5.41) is 2.87. The van der Waals surface area contributed by atoms with Crippen molar-refractivity contribution in [3.8, 4) is 0 Å². The number of nitrogens with one attached hydrogen (secondary N) is 1. The molecule has 0 aliphatic carbocycles. The van der Waals surface area contributed by atoms with Crippen molar-refractivity contribution in [3.05, 3.63) is 23.3 Å². The van der Waals surface area contributed by atoms with E-state index in [9.17, 15) is 4.79 Å². The minimum Gasteiger partial charge on any atom is -0.397 e. The summed E-state index contributed by atoms with van der Waals surface area (Å²) in [7, 11) is 0. The summed E-state index contributed by atoms with van der Waals surface area (Å²) in [4.78, 5) is 11.7. The average Bonchev–Trinajstić information content (AvgIpc) is 2.23. The van der Waals surface area contributed by atoms with E-state index < -0.39 is 0 Å². The van der Waals surface area contributed by atoms with Gasteiger partial charge in [0.1, 0.15) is 0 Å². The first-order valence-electron chi connectivity index (χ1n) is 6.06. The van der Waals surface area contributed by atoms with Gasteiger partial charge in [-0.3, -0.25) is 4.79 Å². The van der Waals surface area contributed by atoms with Crippen molar-refractivity contribution in [1.29, 1.82) is 0 Å². The number of aryl methyl sites for hydroxylation is 2. The smallest absolute Gasteiger partial charge is 0.224 e. The number of amides is 1. The van der Waals surface area contributed by atoms with Crippen LogP contribution < -0.4 is 11.1 Å². The van der Waals surface area contributed by atoms with E-state index in [2.05, 4.69) is 19.2 Å². The van der Waals surface area contributed by atoms with E-state index in [0.717, 1.165) is 23.2 Å². The Morgan fingerprint density at radius 1 is 1.29 bits per heavy atom. The number of hydrogen-bond acceptors (Lipinski definition) is 2. The Hall–Kier alpha value is -1.51. The highest BCUT2D eigenvalue weighted by atomic mass is 16.1. The molecule has 0 atom stereocenters. The van der Waals surface area contributed by atoms with Crippen molar-refractivity contribution in [3.63, 3.8) is 0 Å². The maximum absolute atomic E-state index is 11.7. The third-order valence-electron chi connectivity index (χ3n) is 2.89. The van der Waals surface area contributed by atoms with Crippen molar-refractivity contribution in [2.45, 2.75) is 40.5 Å². The maximum atomic E-state index is 11.7. The molecule has 0 saturated heterocycles. The molecule has 1 aromatic rings. The number of rotatable bonds is 4. The van der Waals surface area contributed by atoms with Gasteiger partial charge in [0.2, 0.25) is 5.91 Å². The lowest BCUT2D eigenvalue weighted by atomic mass is 10.1. The first kappa shape index (κ1) is 13.6. The minimum atomic E-state index is 0.0358.